The lowest BCUT2D eigenvalue weighted by atomic mass is 10.2. The maximum atomic E-state index is 13.2. The topological polar surface area (TPSA) is 34.2 Å². The van der Waals surface area contributed by atoms with E-state index in [4.69, 9.17) is 4.74 Å². The third-order valence-electron chi connectivity index (χ3n) is 2.72. The summed E-state index contributed by atoms with van der Waals surface area (Å²) in [5, 5.41) is 3.31. The molecular formula is C15H16BrFN2O. The average molecular weight is 339 g/mol. The first kappa shape index (κ1) is 14.9. The van der Waals surface area contributed by atoms with Crippen LogP contribution in [0.1, 0.15) is 18.9 Å². The summed E-state index contributed by atoms with van der Waals surface area (Å²) in [6.45, 7) is 3.75. The molecular weight excluding hydrogens is 323 g/mol. The van der Waals surface area contributed by atoms with Crippen molar-refractivity contribution in [3.8, 4) is 11.5 Å². The minimum Gasteiger partial charge on any atom is -0.457 e. The van der Waals surface area contributed by atoms with Crippen molar-refractivity contribution in [3.05, 3.63) is 52.5 Å². The maximum absolute atomic E-state index is 13.2. The molecule has 0 aliphatic heterocycles. The molecule has 0 radical (unpaired) electrons. The first-order chi connectivity index (χ1) is 9.70. The van der Waals surface area contributed by atoms with E-state index < -0.39 is 0 Å². The molecule has 1 aromatic heterocycles. The van der Waals surface area contributed by atoms with Gasteiger partial charge in [0.1, 0.15) is 17.3 Å². The molecule has 2 aromatic rings. The highest BCUT2D eigenvalue weighted by atomic mass is 79.9. The molecule has 5 heteroatoms. The van der Waals surface area contributed by atoms with Crippen LogP contribution in [-0.2, 0) is 6.54 Å². The Labute approximate surface area is 126 Å². The summed E-state index contributed by atoms with van der Waals surface area (Å²) in [7, 11) is 0. The fraction of sp³-hybridized carbons (Fsp3) is 0.267. The lowest BCUT2D eigenvalue weighted by Gasteiger charge is -2.11. The zero-order chi connectivity index (χ0) is 14.4. The number of hydrogen-bond donors (Lipinski definition) is 1. The van der Waals surface area contributed by atoms with Crippen molar-refractivity contribution in [2.45, 2.75) is 19.9 Å². The average Bonchev–Trinajstić information content (AvgIpc) is 2.45. The van der Waals surface area contributed by atoms with E-state index in [0.29, 0.717) is 16.8 Å². The molecule has 20 heavy (non-hydrogen) atoms. The van der Waals surface area contributed by atoms with Crippen LogP contribution in [0.3, 0.4) is 0 Å². The smallest absolute Gasteiger partial charge is 0.137 e. The Morgan fingerprint density at radius 1 is 1.35 bits per heavy atom. The Balaban J connectivity index is 2.13. The van der Waals surface area contributed by atoms with Gasteiger partial charge in [-0.05, 0) is 53.2 Å². The van der Waals surface area contributed by atoms with E-state index in [1.807, 2.05) is 0 Å². The van der Waals surface area contributed by atoms with E-state index in [1.165, 1.54) is 6.07 Å². The van der Waals surface area contributed by atoms with Gasteiger partial charge in [-0.2, -0.15) is 0 Å². The highest BCUT2D eigenvalue weighted by Gasteiger charge is 2.06. The zero-order valence-electron chi connectivity index (χ0n) is 11.2. The third-order valence-corrected chi connectivity index (χ3v) is 3.33. The van der Waals surface area contributed by atoms with Crippen LogP contribution in [0, 0.1) is 5.82 Å². The van der Waals surface area contributed by atoms with E-state index >= 15 is 0 Å². The van der Waals surface area contributed by atoms with Crippen LogP contribution in [0.4, 0.5) is 4.39 Å². The standard InChI is InChI=1S/C15H16BrFN2O/c1-2-6-18-9-11-10-19-7-5-15(11)20-12-3-4-14(17)13(16)8-12/h3-5,7-8,10,18H,2,6,9H2,1H3. The summed E-state index contributed by atoms with van der Waals surface area (Å²) < 4.78 is 19.4. The highest BCUT2D eigenvalue weighted by molar-refractivity contribution is 9.10. The number of halogens is 2. The summed E-state index contributed by atoms with van der Waals surface area (Å²) in [6, 6.07) is 6.39. The second-order valence-electron chi connectivity index (χ2n) is 4.34. The first-order valence-electron chi connectivity index (χ1n) is 6.47. The number of ether oxygens (including phenoxy) is 1. The lowest BCUT2D eigenvalue weighted by Crippen LogP contribution is -2.14. The van der Waals surface area contributed by atoms with Crippen LogP contribution in [0.25, 0.3) is 0 Å². The Bertz CT molecular complexity index is 578. The predicted molar refractivity (Wildman–Crippen MR) is 80.4 cm³/mol. The van der Waals surface area contributed by atoms with Gasteiger partial charge < -0.3 is 10.1 Å². The van der Waals surface area contributed by atoms with Gasteiger partial charge in [0.05, 0.1) is 4.47 Å². The second kappa shape index (κ2) is 7.36. The third kappa shape index (κ3) is 4.02. The summed E-state index contributed by atoms with van der Waals surface area (Å²) >= 11 is 3.15. The van der Waals surface area contributed by atoms with Gasteiger partial charge in [-0.15, -0.1) is 0 Å². The largest absolute Gasteiger partial charge is 0.457 e. The SMILES string of the molecule is CCCNCc1cnccc1Oc1ccc(F)c(Br)c1. The van der Waals surface area contributed by atoms with E-state index in [2.05, 4.69) is 33.2 Å². The summed E-state index contributed by atoms with van der Waals surface area (Å²) in [4.78, 5) is 4.11. The van der Waals surface area contributed by atoms with Crippen LogP contribution in [-0.4, -0.2) is 11.5 Å². The van der Waals surface area contributed by atoms with E-state index in [0.717, 1.165) is 24.3 Å². The molecule has 0 saturated heterocycles. The van der Waals surface area contributed by atoms with E-state index in [9.17, 15) is 4.39 Å². The molecule has 0 fully saturated rings. The van der Waals surface area contributed by atoms with Gasteiger partial charge >= 0.3 is 0 Å². The van der Waals surface area contributed by atoms with Gasteiger partial charge in [-0.25, -0.2) is 4.39 Å². The molecule has 1 N–H and O–H groups in total. The number of pyridine rings is 1. The van der Waals surface area contributed by atoms with Crippen molar-refractivity contribution in [2.24, 2.45) is 0 Å². The van der Waals surface area contributed by atoms with Crippen molar-refractivity contribution < 1.29 is 9.13 Å². The highest BCUT2D eigenvalue weighted by Crippen LogP contribution is 2.28. The maximum Gasteiger partial charge on any atom is 0.137 e. The number of benzene rings is 1. The molecule has 0 spiro atoms. The van der Waals surface area contributed by atoms with Gasteiger partial charge in [-0.1, -0.05) is 6.92 Å². The van der Waals surface area contributed by atoms with Crippen LogP contribution >= 0.6 is 15.9 Å². The quantitative estimate of drug-likeness (QED) is 0.798. The minimum atomic E-state index is -0.308. The molecule has 0 saturated carbocycles. The van der Waals surface area contributed by atoms with Gasteiger partial charge in [0.25, 0.3) is 0 Å². The number of nitrogens with zero attached hydrogens (tertiary/aromatic N) is 1. The monoisotopic (exact) mass is 338 g/mol. The fourth-order valence-electron chi connectivity index (χ4n) is 1.71. The molecule has 0 unspecified atom stereocenters. The van der Waals surface area contributed by atoms with E-state index in [-0.39, 0.29) is 5.82 Å². The number of hydrogen-bond acceptors (Lipinski definition) is 3. The van der Waals surface area contributed by atoms with Crippen molar-refractivity contribution in [2.75, 3.05) is 6.54 Å². The van der Waals surface area contributed by atoms with Crippen molar-refractivity contribution in [1.82, 2.24) is 10.3 Å². The second-order valence-corrected chi connectivity index (χ2v) is 5.19. The van der Waals surface area contributed by atoms with Crippen molar-refractivity contribution >= 4 is 15.9 Å². The van der Waals surface area contributed by atoms with Gasteiger partial charge in [-0.3, -0.25) is 4.98 Å². The Morgan fingerprint density at radius 2 is 2.20 bits per heavy atom. The number of aromatic nitrogens is 1. The minimum absolute atomic E-state index is 0.308. The summed E-state index contributed by atoms with van der Waals surface area (Å²) in [6.07, 6.45) is 4.52. The molecule has 0 bridgehead atoms. The first-order valence-corrected chi connectivity index (χ1v) is 7.26. The van der Waals surface area contributed by atoms with E-state index in [1.54, 1.807) is 30.6 Å². The molecule has 2 rings (SSSR count). The van der Waals surface area contributed by atoms with Crippen LogP contribution in [0.2, 0.25) is 0 Å². The van der Waals surface area contributed by atoms with Gasteiger partial charge in [0.15, 0.2) is 0 Å². The predicted octanol–water partition coefficient (Wildman–Crippen LogP) is 4.28. The fourth-order valence-corrected chi connectivity index (χ4v) is 2.07. The number of nitrogens with one attached hydrogen (secondary N) is 1. The number of rotatable bonds is 6. The van der Waals surface area contributed by atoms with Gasteiger partial charge in [0.2, 0.25) is 0 Å². The van der Waals surface area contributed by atoms with Gasteiger partial charge in [0, 0.05) is 24.5 Å². The molecule has 1 aromatic carbocycles. The Kier molecular flexibility index (Phi) is 5.49. The normalized spacial score (nSPS) is 10.6. The molecule has 0 amide bonds. The van der Waals surface area contributed by atoms with Crippen LogP contribution in [0.15, 0.2) is 41.1 Å². The molecule has 106 valence electrons. The summed E-state index contributed by atoms with van der Waals surface area (Å²) in [5.41, 5.74) is 0.974. The zero-order valence-corrected chi connectivity index (χ0v) is 12.8. The molecule has 0 aliphatic rings. The lowest BCUT2D eigenvalue weighted by molar-refractivity contribution is 0.469. The van der Waals surface area contributed by atoms with Crippen molar-refractivity contribution in [3.63, 3.8) is 0 Å². The Hall–Kier alpha value is -1.46. The van der Waals surface area contributed by atoms with Crippen molar-refractivity contribution in [1.29, 1.82) is 0 Å². The molecule has 3 nitrogen and oxygen atoms in total. The van der Waals surface area contributed by atoms with Crippen LogP contribution in [0.5, 0.6) is 11.5 Å². The van der Waals surface area contributed by atoms with Crippen LogP contribution < -0.4 is 10.1 Å². The molecule has 0 atom stereocenters. The summed E-state index contributed by atoms with van der Waals surface area (Å²) in [5.74, 6) is 1.00. The molecule has 1 heterocycles. The molecule has 0 aliphatic carbocycles. The Morgan fingerprint density at radius 3 is 2.95 bits per heavy atom.